The zero-order chi connectivity index (χ0) is 30.5. The summed E-state index contributed by atoms with van der Waals surface area (Å²) in [4.78, 5) is 2.19. The molecule has 0 spiro atoms. The lowest BCUT2D eigenvalue weighted by molar-refractivity contribution is 0.167. The van der Waals surface area contributed by atoms with Crippen LogP contribution in [0.4, 0.5) is 17.1 Å². The van der Waals surface area contributed by atoms with Crippen LogP contribution in [0.3, 0.4) is 0 Å². The van der Waals surface area contributed by atoms with Crippen LogP contribution >= 0.6 is 0 Å². The van der Waals surface area contributed by atoms with Crippen LogP contribution in [0.2, 0.25) is 0 Å². The first-order valence-corrected chi connectivity index (χ1v) is 16.6. The van der Waals surface area contributed by atoms with Crippen LogP contribution < -0.4 is 29.1 Å². The van der Waals surface area contributed by atoms with Crippen LogP contribution in [0.5, 0.6) is 17.2 Å². The molecule has 4 rings (SSSR count). The number of benzene rings is 3. The molecule has 1 atom stereocenters. The summed E-state index contributed by atoms with van der Waals surface area (Å²) >= 11 is 0. The number of aliphatic hydroxyl groups is 1. The number of methoxy groups -OCH3 is 2. The van der Waals surface area contributed by atoms with Gasteiger partial charge in [0.25, 0.3) is 10.0 Å². The molecule has 1 fully saturated rings. The van der Waals surface area contributed by atoms with Gasteiger partial charge in [-0.1, -0.05) is 6.07 Å². The van der Waals surface area contributed by atoms with Gasteiger partial charge in [-0.2, -0.15) is 0 Å². The highest BCUT2D eigenvalue weighted by Gasteiger charge is 2.23. The maximum Gasteiger partial charge on any atom is 0.265 e. The number of anilines is 3. The number of phenolic OH excluding ortho intramolecular Hbond substituents is 1. The fourth-order valence-electron chi connectivity index (χ4n) is 4.72. The van der Waals surface area contributed by atoms with Gasteiger partial charge >= 0.3 is 0 Å². The molecule has 3 aromatic rings. The van der Waals surface area contributed by atoms with Crippen molar-refractivity contribution in [2.24, 2.45) is 0 Å². The molecule has 42 heavy (non-hydrogen) atoms. The van der Waals surface area contributed by atoms with Gasteiger partial charge in [-0.05, 0) is 66.9 Å². The van der Waals surface area contributed by atoms with Crippen molar-refractivity contribution >= 4 is 37.1 Å². The number of sulfonamides is 2. The van der Waals surface area contributed by atoms with Crippen LogP contribution in [0.15, 0.2) is 65.6 Å². The quantitative estimate of drug-likeness (QED) is 0.190. The van der Waals surface area contributed by atoms with Crippen molar-refractivity contribution in [2.75, 3.05) is 54.5 Å². The maximum atomic E-state index is 13.0. The van der Waals surface area contributed by atoms with Crippen LogP contribution in [-0.4, -0.2) is 73.2 Å². The van der Waals surface area contributed by atoms with Gasteiger partial charge in [0.05, 0.1) is 32.3 Å². The Hall–Kier alpha value is -3.72. The standard InChI is InChI=1S/C28H36N4O8S2/c1-39-23-9-11-27(40-2)28(17-23)42(37,38)30-21-5-7-22(8-6-21)32-14-12-20(13-15-32)29-18-26(34)19-4-10-25(33)24(16-19)31-41(3,35)36/h4-11,16-17,20,26,29-31,33-34H,12-15,18H2,1-3H3/t26-/m0/s1. The summed E-state index contributed by atoms with van der Waals surface area (Å²) in [5.74, 6) is 0.384. The van der Waals surface area contributed by atoms with Gasteiger partial charge in [0, 0.05) is 43.1 Å². The number of hydrogen-bond acceptors (Lipinski definition) is 10. The van der Waals surface area contributed by atoms with Gasteiger partial charge in [0.2, 0.25) is 10.0 Å². The Bertz CT molecular complexity index is 1590. The van der Waals surface area contributed by atoms with Crippen molar-refractivity contribution in [1.82, 2.24) is 5.32 Å². The fourth-order valence-corrected chi connectivity index (χ4v) is 6.53. The van der Waals surface area contributed by atoms with Gasteiger partial charge in [-0.15, -0.1) is 0 Å². The summed E-state index contributed by atoms with van der Waals surface area (Å²) in [6.07, 6.45) is 1.75. The Balaban J connectivity index is 1.30. The minimum absolute atomic E-state index is 0.0150. The van der Waals surface area contributed by atoms with Crippen LogP contribution in [-0.2, 0) is 20.0 Å². The van der Waals surface area contributed by atoms with Gasteiger partial charge in [0.15, 0.2) is 0 Å². The molecule has 3 aromatic carbocycles. The van der Waals surface area contributed by atoms with Crippen LogP contribution in [0.1, 0.15) is 24.5 Å². The predicted molar refractivity (Wildman–Crippen MR) is 162 cm³/mol. The zero-order valence-electron chi connectivity index (χ0n) is 23.6. The Morgan fingerprint density at radius 3 is 2.24 bits per heavy atom. The van der Waals surface area contributed by atoms with E-state index in [0.29, 0.717) is 17.0 Å². The molecular weight excluding hydrogens is 584 g/mol. The number of nitrogens with one attached hydrogen (secondary N) is 3. The molecule has 0 aromatic heterocycles. The summed E-state index contributed by atoms with van der Waals surface area (Å²) in [6, 6.07) is 16.2. The van der Waals surface area contributed by atoms with E-state index < -0.39 is 26.2 Å². The summed E-state index contributed by atoms with van der Waals surface area (Å²) in [6.45, 7) is 1.80. The van der Waals surface area contributed by atoms with Gasteiger partial charge in [-0.3, -0.25) is 9.44 Å². The lowest BCUT2D eigenvalue weighted by atomic mass is 10.0. The van der Waals surface area contributed by atoms with Gasteiger partial charge in [0.1, 0.15) is 22.1 Å². The first-order valence-electron chi connectivity index (χ1n) is 13.2. The molecule has 5 N–H and O–H groups in total. The Labute approximate surface area is 246 Å². The van der Waals surface area contributed by atoms with E-state index in [1.165, 1.54) is 32.4 Å². The van der Waals surface area contributed by atoms with Gasteiger partial charge < -0.3 is 29.9 Å². The number of ether oxygens (including phenoxy) is 2. The summed E-state index contributed by atoms with van der Waals surface area (Å²) < 4.78 is 64.3. The van der Waals surface area contributed by atoms with E-state index in [1.807, 2.05) is 12.1 Å². The highest BCUT2D eigenvalue weighted by Crippen LogP contribution is 2.31. The topological polar surface area (TPSA) is 167 Å². The van der Waals surface area contributed by atoms with E-state index in [0.717, 1.165) is 37.9 Å². The van der Waals surface area contributed by atoms with Crippen molar-refractivity contribution in [1.29, 1.82) is 0 Å². The van der Waals surface area contributed by atoms with E-state index in [-0.39, 0.29) is 34.7 Å². The highest BCUT2D eigenvalue weighted by atomic mass is 32.2. The third kappa shape index (κ3) is 7.97. The molecule has 0 amide bonds. The molecular formula is C28H36N4O8S2. The van der Waals surface area contributed by atoms with Crippen molar-refractivity contribution in [3.63, 3.8) is 0 Å². The Kier molecular flexibility index (Phi) is 9.71. The minimum Gasteiger partial charge on any atom is -0.506 e. The first-order chi connectivity index (χ1) is 19.9. The predicted octanol–water partition coefficient (Wildman–Crippen LogP) is 2.87. The average molecular weight is 621 g/mol. The van der Waals surface area contributed by atoms with Crippen LogP contribution in [0.25, 0.3) is 0 Å². The van der Waals surface area contributed by atoms with E-state index in [4.69, 9.17) is 9.47 Å². The number of nitrogens with zero attached hydrogens (tertiary/aromatic N) is 1. The molecule has 1 heterocycles. The smallest absolute Gasteiger partial charge is 0.265 e. The van der Waals surface area contributed by atoms with Crippen molar-refractivity contribution < 1.29 is 36.5 Å². The molecule has 0 aliphatic carbocycles. The second-order valence-electron chi connectivity index (χ2n) is 10.0. The van der Waals surface area contributed by atoms with E-state index >= 15 is 0 Å². The second-order valence-corrected chi connectivity index (χ2v) is 13.4. The summed E-state index contributed by atoms with van der Waals surface area (Å²) in [7, 11) is -4.63. The fraction of sp³-hybridized carbons (Fsp3) is 0.357. The van der Waals surface area contributed by atoms with E-state index in [2.05, 4.69) is 19.7 Å². The number of piperidine rings is 1. The summed E-state index contributed by atoms with van der Waals surface area (Å²) in [5, 5.41) is 23.9. The van der Waals surface area contributed by atoms with Gasteiger partial charge in [-0.25, -0.2) is 16.8 Å². The lowest BCUT2D eigenvalue weighted by Crippen LogP contribution is -2.43. The number of phenols is 1. The van der Waals surface area contributed by atoms with Crippen molar-refractivity contribution in [2.45, 2.75) is 29.9 Å². The second kappa shape index (κ2) is 13.1. The van der Waals surface area contributed by atoms with Crippen LogP contribution in [0, 0.1) is 0 Å². The zero-order valence-corrected chi connectivity index (χ0v) is 25.2. The molecule has 1 aliphatic heterocycles. The molecule has 12 nitrogen and oxygen atoms in total. The average Bonchev–Trinajstić information content (AvgIpc) is 2.96. The molecule has 1 saturated heterocycles. The summed E-state index contributed by atoms with van der Waals surface area (Å²) in [5.41, 5.74) is 1.87. The first kappa shape index (κ1) is 31.2. The van der Waals surface area contributed by atoms with E-state index in [1.54, 1.807) is 30.3 Å². The number of rotatable bonds is 12. The lowest BCUT2D eigenvalue weighted by Gasteiger charge is -2.34. The number of aromatic hydroxyl groups is 1. The molecule has 0 saturated carbocycles. The molecule has 1 aliphatic rings. The highest BCUT2D eigenvalue weighted by molar-refractivity contribution is 7.93. The molecule has 228 valence electrons. The molecule has 0 bridgehead atoms. The third-order valence-corrected chi connectivity index (χ3v) is 8.93. The molecule has 14 heteroatoms. The third-order valence-electron chi connectivity index (χ3n) is 6.94. The Morgan fingerprint density at radius 1 is 0.929 bits per heavy atom. The normalized spacial score (nSPS) is 15.2. The Morgan fingerprint density at radius 2 is 1.62 bits per heavy atom. The monoisotopic (exact) mass is 620 g/mol. The minimum atomic E-state index is -3.92. The largest absolute Gasteiger partial charge is 0.506 e. The molecule has 0 unspecified atom stereocenters. The van der Waals surface area contributed by atoms with Crippen molar-refractivity contribution in [3.05, 3.63) is 66.2 Å². The van der Waals surface area contributed by atoms with Crippen molar-refractivity contribution in [3.8, 4) is 17.2 Å². The SMILES string of the molecule is COc1ccc(OC)c(S(=O)(=O)Nc2ccc(N3CCC(NC[C@H](O)c4ccc(O)c(NS(C)(=O)=O)c4)CC3)cc2)c1. The maximum absolute atomic E-state index is 13.0. The van der Waals surface area contributed by atoms with E-state index in [9.17, 15) is 27.0 Å². The molecule has 0 radical (unpaired) electrons. The number of aliphatic hydroxyl groups excluding tert-OH is 1. The number of hydrogen-bond donors (Lipinski definition) is 5.